The number of aromatic carboxylic acids is 1. The molecule has 91 heavy (non-hydrogen) atoms. The van der Waals surface area contributed by atoms with E-state index in [1.807, 2.05) is 0 Å². The Morgan fingerprint density at radius 2 is 1.62 bits per heavy atom. The highest BCUT2D eigenvalue weighted by atomic mass is 31.2. The number of hydrogen-bond donors (Lipinski definition) is 9. The van der Waals surface area contributed by atoms with Crippen molar-refractivity contribution in [3.05, 3.63) is 141 Å². The fraction of sp³-hybridized carbons (Fsp3) is 0.362. The molecule has 6 heterocycles. The van der Waals surface area contributed by atoms with Crippen molar-refractivity contribution in [1.29, 1.82) is 0 Å². The maximum atomic E-state index is 14.0. The SMILES string of the molecule is COc1ccc(C[C@H](N)C(=O)N[C@H]2[C@@H](O)[C@H](n3cnc4c(N(C)C)ncnc43)O[C@@H]2COP(=O)(O)O[C@H]2C[C@H](n3ccc(N)nc3=O)O[C@@H]2COP(=O)(O)OCCCCCCNC(=O)c2ccc(C(=O)O)c(-c3c4ccc(=O)cc-4oc4cc(O)ccc34)c2)cc1. The van der Waals surface area contributed by atoms with Crippen LogP contribution >= 0.6 is 15.6 Å². The fourth-order valence-electron chi connectivity index (χ4n) is 10.7. The molecule has 0 saturated carbocycles. The number of aliphatic hydroxyl groups is 1. The summed E-state index contributed by atoms with van der Waals surface area (Å²) in [6.45, 7) is -1.64. The molecule has 2 saturated heterocycles. The number of imidazole rings is 1. The third-order valence-electron chi connectivity index (χ3n) is 15.2. The van der Waals surface area contributed by atoms with Crippen LogP contribution in [0.4, 0.5) is 11.6 Å². The van der Waals surface area contributed by atoms with Gasteiger partial charge in [-0.05, 0) is 91.1 Å². The third kappa shape index (κ3) is 15.3. The maximum absolute atomic E-state index is 14.0. The van der Waals surface area contributed by atoms with Crippen molar-refractivity contribution in [1.82, 2.24) is 39.7 Å². The summed E-state index contributed by atoms with van der Waals surface area (Å²) < 4.78 is 74.8. The number of aromatic hydroxyl groups is 1. The molecule has 33 heteroatoms. The van der Waals surface area contributed by atoms with Gasteiger partial charge in [0.2, 0.25) is 5.91 Å². The van der Waals surface area contributed by atoms with Gasteiger partial charge >= 0.3 is 27.3 Å². The van der Waals surface area contributed by atoms with Gasteiger partial charge in [0.05, 0.1) is 50.9 Å². The number of hydrogen-bond acceptors (Lipinski definition) is 24. The fourth-order valence-corrected chi connectivity index (χ4v) is 12.4. The Kier molecular flexibility index (Phi) is 20.1. The summed E-state index contributed by atoms with van der Waals surface area (Å²) in [6, 6.07) is 18.1. The Labute approximate surface area is 517 Å². The quantitative estimate of drug-likeness (QED) is 0.0197. The van der Waals surface area contributed by atoms with Gasteiger partial charge in [0.15, 0.2) is 28.6 Å². The first-order valence-electron chi connectivity index (χ1n) is 28.5. The predicted molar refractivity (Wildman–Crippen MR) is 324 cm³/mol. The van der Waals surface area contributed by atoms with Gasteiger partial charge in [-0.1, -0.05) is 25.0 Å². The number of aromatic nitrogens is 6. The standard InChI is InChI=1S/C58H65N11O20P2/c1-67(2)52-50-53(63-29-62-52)69(30-64-50)56-51(72)49(66-55(74)40(59)22-31-8-13-35(82-3)14-9-31)45(88-56)28-85-91(80,81)89-43-26-47(68-20-18-46(60)65-58(68)77)87-44(43)27-84-90(78,79)83-21-7-5-4-6-19-61-54(73)32-10-15-36(57(75)76)39(23-32)48-37-16-11-33(70)24-41(37)86-42-25-34(71)12-17-38(42)48/h8-18,20,23-25,29-30,40,43-45,47,49,51,56,70,72H,4-7,19,21-22,26-28,59H2,1-3H3,(H,61,73)(H,66,74)(H,75,76)(H,78,79)(H,80,81)(H2,60,65,77)/t40-,43-,44+,45+,47+,49+,51+,56+/m0/s1. The molecule has 2 amide bonds. The lowest BCUT2D eigenvalue weighted by Gasteiger charge is -2.25. The highest BCUT2D eigenvalue weighted by Gasteiger charge is 2.49. The van der Waals surface area contributed by atoms with Gasteiger partial charge in [0.1, 0.15) is 65.6 Å². The van der Waals surface area contributed by atoms with Gasteiger partial charge < -0.3 is 70.7 Å². The van der Waals surface area contributed by atoms with Crippen LogP contribution in [0.15, 0.2) is 118 Å². The number of carboxylic acids is 1. The zero-order chi connectivity index (χ0) is 64.9. The number of phosphoric ester groups is 2. The first-order chi connectivity index (χ1) is 43.5. The van der Waals surface area contributed by atoms with Gasteiger partial charge in [-0.3, -0.25) is 41.6 Å². The van der Waals surface area contributed by atoms with E-state index in [2.05, 4.69) is 30.6 Å². The molecule has 2 fully saturated rings. The Balaban J connectivity index is 0.745. The summed E-state index contributed by atoms with van der Waals surface area (Å²) in [6.07, 6.45) is -3.05. The molecular weight excluding hydrogens is 1230 g/mol. The summed E-state index contributed by atoms with van der Waals surface area (Å²) in [5.74, 6) is -1.54. The molecule has 4 aliphatic rings. The van der Waals surface area contributed by atoms with Crippen molar-refractivity contribution in [2.24, 2.45) is 5.73 Å². The lowest BCUT2D eigenvalue weighted by atomic mass is 9.89. The molecule has 482 valence electrons. The number of benzene rings is 4. The number of carbonyl (C=O) groups is 3. The molecule has 10 rings (SSSR count). The molecule has 3 aromatic carbocycles. The Morgan fingerprint density at radius 1 is 0.857 bits per heavy atom. The second kappa shape index (κ2) is 27.9. The number of phenolic OH excluding ortho intramolecular Hbond substituents is 1. The highest BCUT2D eigenvalue weighted by Crippen LogP contribution is 2.51. The van der Waals surface area contributed by atoms with E-state index in [-0.39, 0.29) is 83.1 Å². The van der Waals surface area contributed by atoms with Gasteiger partial charge in [-0.15, -0.1) is 0 Å². The Bertz CT molecular complexity index is 4170. The smallest absolute Gasteiger partial charge is 0.472 e. The van der Waals surface area contributed by atoms with E-state index in [0.717, 1.165) is 4.57 Å². The molecule has 31 nitrogen and oxygen atoms in total. The number of unbranched alkanes of at least 4 members (excludes halogenated alkanes) is 3. The number of carbonyl (C=O) groups excluding carboxylic acids is 2. The molecule has 6 aromatic rings. The first-order valence-corrected chi connectivity index (χ1v) is 31.5. The summed E-state index contributed by atoms with van der Waals surface area (Å²) in [5.41, 5.74) is 13.3. The van der Waals surface area contributed by atoms with Crippen LogP contribution in [-0.4, -0.2) is 156 Å². The minimum atomic E-state index is -5.25. The van der Waals surface area contributed by atoms with Crippen molar-refractivity contribution in [2.75, 3.05) is 58.2 Å². The Hall–Kier alpha value is -8.55. The zero-order valence-corrected chi connectivity index (χ0v) is 50.8. The molecule has 3 aliphatic heterocycles. The van der Waals surface area contributed by atoms with E-state index in [0.29, 0.717) is 58.4 Å². The Morgan fingerprint density at radius 3 is 2.36 bits per heavy atom. The van der Waals surface area contributed by atoms with E-state index in [9.17, 15) is 58.2 Å². The van der Waals surface area contributed by atoms with Gasteiger partial charge in [-0.25, -0.2) is 33.7 Å². The van der Waals surface area contributed by atoms with E-state index in [4.69, 9.17) is 48.2 Å². The molecule has 1 aliphatic carbocycles. The molecule has 0 spiro atoms. The topological polar surface area (TPSA) is 439 Å². The van der Waals surface area contributed by atoms with Crippen LogP contribution in [0.5, 0.6) is 11.5 Å². The molecule has 0 bridgehead atoms. The van der Waals surface area contributed by atoms with E-state index >= 15 is 0 Å². The minimum absolute atomic E-state index is 0.0761. The minimum Gasteiger partial charge on any atom is -0.508 e. The summed E-state index contributed by atoms with van der Waals surface area (Å²) in [5, 5.41) is 38.2. The van der Waals surface area contributed by atoms with Crippen molar-refractivity contribution < 1.29 is 85.3 Å². The maximum Gasteiger partial charge on any atom is 0.472 e. The first kappa shape index (κ1) is 65.4. The van der Waals surface area contributed by atoms with Crippen LogP contribution in [-0.2, 0) is 47.9 Å². The number of ether oxygens (including phenoxy) is 3. The van der Waals surface area contributed by atoms with Crippen LogP contribution < -0.4 is 42.9 Å². The normalized spacial score (nSPS) is 20.7. The van der Waals surface area contributed by atoms with Crippen molar-refractivity contribution in [3.63, 3.8) is 0 Å². The molecule has 3 aromatic heterocycles. The van der Waals surface area contributed by atoms with Crippen LogP contribution in [0.1, 0.15) is 70.8 Å². The molecule has 10 atom stereocenters. The van der Waals surface area contributed by atoms with E-state index in [1.54, 1.807) is 49.3 Å². The highest BCUT2D eigenvalue weighted by molar-refractivity contribution is 7.47. The number of phenols is 1. The van der Waals surface area contributed by atoms with Crippen molar-refractivity contribution >= 4 is 67.2 Å². The van der Waals surface area contributed by atoms with Gasteiger partial charge in [0.25, 0.3) is 5.91 Å². The van der Waals surface area contributed by atoms with Gasteiger partial charge in [0, 0.05) is 67.5 Å². The molecule has 11 N–H and O–H groups in total. The number of amides is 2. The van der Waals surface area contributed by atoms with E-state index < -0.39 is 101 Å². The number of fused-ring (bicyclic) bond motifs is 3. The van der Waals surface area contributed by atoms with Crippen LogP contribution in [0, 0.1) is 0 Å². The molecule has 2 unspecified atom stereocenters. The number of anilines is 2. The number of nitrogens with two attached hydrogens (primary N) is 2. The largest absolute Gasteiger partial charge is 0.508 e. The number of nitrogens with zero attached hydrogens (tertiary/aromatic N) is 7. The molecule has 0 radical (unpaired) electrons. The predicted octanol–water partition coefficient (Wildman–Crippen LogP) is 4.25. The second-order valence-electron chi connectivity index (χ2n) is 21.6. The average Bonchev–Trinajstić information content (AvgIpc) is 1.02. The number of carboxylic acid groups (broad SMARTS) is 1. The second-order valence-corrected chi connectivity index (χ2v) is 24.5. The number of phosphoric acid groups is 2. The average molecular weight is 1300 g/mol. The third-order valence-corrected chi connectivity index (χ3v) is 17.2. The monoisotopic (exact) mass is 1300 g/mol. The van der Waals surface area contributed by atoms with Crippen LogP contribution in [0.3, 0.4) is 0 Å². The summed E-state index contributed by atoms with van der Waals surface area (Å²) >= 11 is 0. The number of nitrogen functional groups attached to an aromatic ring is 1. The number of methoxy groups -OCH3 is 1. The van der Waals surface area contributed by atoms with Crippen LogP contribution in [0.2, 0.25) is 0 Å². The van der Waals surface area contributed by atoms with E-state index in [1.165, 1.54) is 85.1 Å². The van der Waals surface area contributed by atoms with Crippen molar-refractivity contribution in [2.45, 2.75) is 87.5 Å². The van der Waals surface area contributed by atoms with Crippen LogP contribution in [0.25, 0.3) is 44.6 Å². The lowest BCUT2D eigenvalue weighted by Crippen LogP contribution is -2.53. The summed E-state index contributed by atoms with van der Waals surface area (Å²) in [7, 11) is -5.11. The zero-order valence-electron chi connectivity index (χ0n) is 49.0. The number of nitrogens with one attached hydrogen (secondary N) is 2. The number of aliphatic hydroxyl groups excluding tert-OH is 1. The van der Waals surface area contributed by atoms with Crippen molar-refractivity contribution in [3.8, 4) is 33.9 Å². The van der Waals surface area contributed by atoms with Gasteiger partial charge in [-0.2, -0.15) is 4.98 Å². The molecular formula is C58H65N11O20P2. The lowest BCUT2D eigenvalue weighted by molar-refractivity contribution is -0.124. The summed E-state index contributed by atoms with van der Waals surface area (Å²) in [4.78, 5) is 106. The number of rotatable bonds is 27.